The third-order valence-electron chi connectivity index (χ3n) is 2.98. The van der Waals surface area contributed by atoms with Crippen LogP contribution in [0.2, 0.25) is 0 Å². The van der Waals surface area contributed by atoms with Gasteiger partial charge in [-0.3, -0.25) is 4.79 Å². The second-order valence-electron chi connectivity index (χ2n) is 4.24. The smallest absolute Gasteiger partial charge is 0.200 e. The van der Waals surface area contributed by atoms with Crippen LogP contribution in [0.15, 0.2) is 11.5 Å². The van der Waals surface area contributed by atoms with Crippen molar-refractivity contribution < 1.29 is 15.0 Å². The van der Waals surface area contributed by atoms with Gasteiger partial charge in [0.1, 0.15) is 5.76 Å². The summed E-state index contributed by atoms with van der Waals surface area (Å²) in [7, 11) is 0. The number of hydrogen-bond acceptors (Lipinski definition) is 3. The third kappa shape index (κ3) is 3.26. The SMILES string of the molecule is CCCC(=O)/C(O)=C(\O)C1CCCCC1. The lowest BCUT2D eigenvalue weighted by atomic mass is 9.87. The Morgan fingerprint density at radius 3 is 2.33 bits per heavy atom. The number of carbonyl (C=O) groups is 1. The number of allylic oxidation sites excluding steroid dienone is 2. The molecule has 15 heavy (non-hydrogen) atoms. The van der Waals surface area contributed by atoms with E-state index in [1.165, 1.54) is 6.42 Å². The fourth-order valence-electron chi connectivity index (χ4n) is 2.06. The number of Topliss-reactive ketones (excluding diaryl/α,β-unsaturated/α-hetero) is 1. The summed E-state index contributed by atoms with van der Waals surface area (Å²) >= 11 is 0. The number of rotatable bonds is 4. The van der Waals surface area contributed by atoms with Crippen molar-refractivity contribution in [2.45, 2.75) is 51.9 Å². The fourth-order valence-corrected chi connectivity index (χ4v) is 2.06. The molecule has 0 bridgehead atoms. The Kier molecular flexibility index (Phi) is 4.66. The van der Waals surface area contributed by atoms with Crippen LogP contribution in [0.1, 0.15) is 51.9 Å². The molecular formula is C12H20O3. The van der Waals surface area contributed by atoms with Crippen LogP contribution < -0.4 is 0 Å². The molecule has 0 unspecified atom stereocenters. The molecule has 0 spiro atoms. The molecule has 2 N–H and O–H groups in total. The second kappa shape index (κ2) is 5.79. The highest BCUT2D eigenvalue weighted by Crippen LogP contribution is 2.29. The van der Waals surface area contributed by atoms with Crippen molar-refractivity contribution >= 4 is 5.78 Å². The van der Waals surface area contributed by atoms with Gasteiger partial charge in [-0.15, -0.1) is 0 Å². The van der Waals surface area contributed by atoms with Gasteiger partial charge in [0.15, 0.2) is 5.76 Å². The maximum absolute atomic E-state index is 11.4. The Balaban J connectivity index is 2.65. The van der Waals surface area contributed by atoms with E-state index in [1.54, 1.807) is 0 Å². The summed E-state index contributed by atoms with van der Waals surface area (Å²) in [5.41, 5.74) is 0. The first-order chi connectivity index (χ1) is 7.16. The molecule has 3 nitrogen and oxygen atoms in total. The van der Waals surface area contributed by atoms with E-state index in [2.05, 4.69) is 0 Å². The Bertz CT molecular complexity index is 250. The van der Waals surface area contributed by atoms with Crippen molar-refractivity contribution in [1.82, 2.24) is 0 Å². The van der Waals surface area contributed by atoms with E-state index >= 15 is 0 Å². The summed E-state index contributed by atoms with van der Waals surface area (Å²) < 4.78 is 0. The van der Waals surface area contributed by atoms with Crippen molar-refractivity contribution in [3.8, 4) is 0 Å². The molecule has 0 saturated heterocycles. The maximum Gasteiger partial charge on any atom is 0.200 e. The Morgan fingerprint density at radius 2 is 1.80 bits per heavy atom. The summed E-state index contributed by atoms with van der Waals surface area (Å²) in [4.78, 5) is 11.4. The molecule has 0 aromatic carbocycles. The maximum atomic E-state index is 11.4. The molecule has 1 rings (SSSR count). The number of carbonyl (C=O) groups excluding carboxylic acids is 1. The van der Waals surface area contributed by atoms with Crippen LogP contribution in [0.5, 0.6) is 0 Å². The van der Waals surface area contributed by atoms with Crippen LogP contribution in [0.25, 0.3) is 0 Å². The molecule has 1 saturated carbocycles. The predicted octanol–water partition coefficient (Wildman–Crippen LogP) is 3.26. The number of aliphatic hydroxyl groups excluding tert-OH is 2. The van der Waals surface area contributed by atoms with Crippen molar-refractivity contribution in [2.24, 2.45) is 5.92 Å². The van der Waals surface area contributed by atoms with Gasteiger partial charge < -0.3 is 10.2 Å². The van der Waals surface area contributed by atoms with E-state index in [4.69, 9.17) is 0 Å². The summed E-state index contributed by atoms with van der Waals surface area (Å²) in [5.74, 6) is -0.808. The zero-order valence-corrected chi connectivity index (χ0v) is 9.33. The van der Waals surface area contributed by atoms with Gasteiger partial charge in [-0.1, -0.05) is 26.2 Å². The van der Waals surface area contributed by atoms with Gasteiger partial charge >= 0.3 is 0 Å². The highest BCUT2D eigenvalue weighted by Gasteiger charge is 2.23. The van der Waals surface area contributed by atoms with Crippen LogP contribution in [-0.4, -0.2) is 16.0 Å². The molecule has 0 radical (unpaired) electrons. The zero-order valence-electron chi connectivity index (χ0n) is 9.33. The highest BCUT2D eigenvalue weighted by molar-refractivity contribution is 5.93. The molecule has 3 heteroatoms. The monoisotopic (exact) mass is 212 g/mol. The van der Waals surface area contributed by atoms with E-state index in [0.717, 1.165) is 25.7 Å². The lowest BCUT2D eigenvalue weighted by Crippen LogP contribution is -2.14. The van der Waals surface area contributed by atoms with E-state index in [-0.39, 0.29) is 17.5 Å². The van der Waals surface area contributed by atoms with Crippen molar-refractivity contribution in [2.75, 3.05) is 0 Å². The normalized spacial score (nSPS) is 19.8. The first-order valence-corrected chi connectivity index (χ1v) is 5.82. The molecule has 1 fully saturated rings. The quantitative estimate of drug-likeness (QED) is 0.555. The predicted molar refractivity (Wildman–Crippen MR) is 58.8 cm³/mol. The number of ketones is 1. The van der Waals surface area contributed by atoms with Gasteiger partial charge in [0.25, 0.3) is 0 Å². The molecule has 0 heterocycles. The van der Waals surface area contributed by atoms with Gasteiger partial charge in [0.05, 0.1) is 0 Å². The molecule has 0 atom stereocenters. The molecule has 1 aliphatic rings. The molecular weight excluding hydrogens is 192 g/mol. The van der Waals surface area contributed by atoms with Crippen LogP contribution >= 0.6 is 0 Å². The summed E-state index contributed by atoms with van der Waals surface area (Å²) in [6.45, 7) is 1.88. The number of hydrogen-bond donors (Lipinski definition) is 2. The highest BCUT2D eigenvalue weighted by atomic mass is 16.3. The minimum absolute atomic E-state index is 0.000411. The van der Waals surface area contributed by atoms with Crippen molar-refractivity contribution in [3.63, 3.8) is 0 Å². The topological polar surface area (TPSA) is 57.5 Å². The first kappa shape index (κ1) is 12.1. The van der Waals surface area contributed by atoms with Crippen LogP contribution in [-0.2, 0) is 4.79 Å². The molecule has 0 aromatic rings. The van der Waals surface area contributed by atoms with E-state index < -0.39 is 5.76 Å². The first-order valence-electron chi connectivity index (χ1n) is 5.82. The number of aliphatic hydroxyl groups is 2. The average Bonchev–Trinajstić information content (AvgIpc) is 2.28. The molecule has 0 amide bonds. The Hall–Kier alpha value is -0.990. The standard InChI is InChI=1S/C12H20O3/c1-2-6-10(13)12(15)11(14)9-7-4-3-5-8-9/h9,14-15H,2-8H2,1H3/b12-11+. The summed E-state index contributed by atoms with van der Waals surface area (Å²) in [6.07, 6.45) is 6.11. The second-order valence-corrected chi connectivity index (χ2v) is 4.24. The summed E-state index contributed by atoms with van der Waals surface area (Å²) in [6, 6.07) is 0. The van der Waals surface area contributed by atoms with Crippen LogP contribution in [0, 0.1) is 5.92 Å². The van der Waals surface area contributed by atoms with Gasteiger partial charge in [-0.2, -0.15) is 0 Å². The minimum Gasteiger partial charge on any atom is -0.508 e. The molecule has 0 aliphatic heterocycles. The minimum atomic E-state index is -0.399. The average molecular weight is 212 g/mol. The van der Waals surface area contributed by atoms with Crippen molar-refractivity contribution in [3.05, 3.63) is 11.5 Å². The van der Waals surface area contributed by atoms with E-state index in [1.807, 2.05) is 6.92 Å². The van der Waals surface area contributed by atoms with Gasteiger partial charge in [-0.05, 0) is 19.3 Å². The Morgan fingerprint density at radius 1 is 1.20 bits per heavy atom. The van der Waals surface area contributed by atoms with E-state index in [9.17, 15) is 15.0 Å². The van der Waals surface area contributed by atoms with Crippen molar-refractivity contribution in [1.29, 1.82) is 0 Å². The van der Waals surface area contributed by atoms with Crippen LogP contribution in [0.4, 0.5) is 0 Å². The fraction of sp³-hybridized carbons (Fsp3) is 0.750. The molecule has 0 aromatic heterocycles. The van der Waals surface area contributed by atoms with Gasteiger partial charge in [-0.25, -0.2) is 0 Å². The third-order valence-corrected chi connectivity index (χ3v) is 2.98. The van der Waals surface area contributed by atoms with Gasteiger partial charge in [0.2, 0.25) is 5.78 Å². The molecule has 86 valence electrons. The largest absolute Gasteiger partial charge is 0.508 e. The summed E-state index contributed by atoms with van der Waals surface area (Å²) in [5, 5.41) is 19.3. The zero-order chi connectivity index (χ0) is 11.3. The lowest BCUT2D eigenvalue weighted by molar-refractivity contribution is -0.118. The Labute approximate surface area is 90.8 Å². The lowest BCUT2D eigenvalue weighted by Gasteiger charge is -2.21. The van der Waals surface area contributed by atoms with E-state index in [0.29, 0.717) is 12.8 Å². The van der Waals surface area contributed by atoms with Crippen LogP contribution in [0.3, 0.4) is 0 Å². The molecule has 1 aliphatic carbocycles. The van der Waals surface area contributed by atoms with Gasteiger partial charge in [0, 0.05) is 12.3 Å².